The highest BCUT2D eigenvalue weighted by Gasteiger charge is 2.06. The monoisotopic (exact) mass is 270 g/mol. The summed E-state index contributed by atoms with van der Waals surface area (Å²) in [7, 11) is 0. The first-order valence-electron chi connectivity index (χ1n) is 6.41. The molecule has 0 atom stereocenters. The van der Waals surface area contributed by atoms with Gasteiger partial charge in [0.05, 0.1) is 19.3 Å². The minimum atomic E-state index is -0.214. The number of imidazole rings is 1. The third-order valence-electron chi connectivity index (χ3n) is 2.96. The molecule has 0 saturated heterocycles. The van der Waals surface area contributed by atoms with Crippen LogP contribution in [0, 0.1) is 0 Å². The Hall–Kier alpha value is -2.63. The average molecular weight is 270 g/mol. The second-order valence-electron chi connectivity index (χ2n) is 4.36. The first-order valence-corrected chi connectivity index (χ1v) is 6.41. The molecule has 0 spiro atoms. The quantitative estimate of drug-likeness (QED) is 0.714. The molecule has 6 heteroatoms. The van der Waals surface area contributed by atoms with E-state index < -0.39 is 0 Å². The zero-order valence-electron chi connectivity index (χ0n) is 10.8. The minimum Gasteiger partial charge on any atom is -0.494 e. The van der Waals surface area contributed by atoms with Crippen molar-refractivity contribution in [2.75, 3.05) is 6.61 Å². The van der Waals surface area contributed by atoms with Crippen molar-refractivity contribution < 1.29 is 4.74 Å². The smallest absolute Gasteiger partial charge is 0.278 e. The molecule has 0 bridgehead atoms. The van der Waals surface area contributed by atoms with Crippen molar-refractivity contribution in [3.05, 3.63) is 53.3 Å². The zero-order valence-corrected chi connectivity index (χ0v) is 10.8. The number of benzene rings is 1. The van der Waals surface area contributed by atoms with Crippen LogP contribution in [-0.2, 0) is 6.54 Å². The van der Waals surface area contributed by atoms with Gasteiger partial charge in [0.15, 0.2) is 11.2 Å². The molecule has 3 rings (SSSR count). The van der Waals surface area contributed by atoms with Crippen LogP contribution < -0.4 is 10.3 Å². The van der Waals surface area contributed by atoms with E-state index in [1.54, 1.807) is 6.33 Å². The molecule has 0 unspecified atom stereocenters. The van der Waals surface area contributed by atoms with Gasteiger partial charge in [0.2, 0.25) is 0 Å². The molecule has 3 aromatic rings. The lowest BCUT2D eigenvalue weighted by molar-refractivity contribution is 0.302. The summed E-state index contributed by atoms with van der Waals surface area (Å²) in [5.41, 5.74) is 0.763. The van der Waals surface area contributed by atoms with Crippen LogP contribution in [0.1, 0.15) is 6.42 Å². The first kappa shape index (κ1) is 12.4. The number of nitrogens with zero attached hydrogens (tertiary/aromatic N) is 3. The average Bonchev–Trinajstić information content (AvgIpc) is 2.90. The van der Waals surface area contributed by atoms with Crippen LogP contribution in [0.15, 0.2) is 47.8 Å². The van der Waals surface area contributed by atoms with Crippen LogP contribution in [0.25, 0.3) is 11.2 Å². The number of ether oxygens (including phenoxy) is 1. The predicted molar refractivity (Wildman–Crippen MR) is 74.7 cm³/mol. The summed E-state index contributed by atoms with van der Waals surface area (Å²) < 4.78 is 7.48. The minimum absolute atomic E-state index is 0.214. The Bertz CT molecular complexity index is 748. The largest absolute Gasteiger partial charge is 0.494 e. The summed E-state index contributed by atoms with van der Waals surface area (Å²) >= 11 is 0. The molecule has 1 N–H and O–H groups in total. The predicted octanol–water partition coefficient (Wildman–Crippen LogP) is 1.59. The van der Waals surface area contributed by atoms with Crippen LogP contribution in [-0.4, -0.2) is 26.1 Å². The van der Waals surface area contributed by atoms with Crippen molar-refractivity contribution in [3.8, 4) is 5.75 Å². The van der Waals surface area contributed by atoms with Gasteiger partial charge in [0.25, 0.3) is 5.56 Å². The molecule has 0 fully saturated rings. The molecule has 1 aromatic carbocycles. The maximum atomic E-state index is 11.5. The Kier molecular flexibility index (Phi) is 3.45. The topological polar surface area (TPSA) is 72.8 Å². The summed E-state index contributed by atoms with van der Waals surface area (Å²) in [6.07, 6.45) is 3.84. The Morgan fingerprint density at radius 3 is 2.90 bits per heavy atom. The number of aromatic amines is 1. The van der Waals surface area contributed by atoms with Crippen molar-refractivity contribution in [2.24, 2.45) is 0 Å². The Labute approximate surface area is 115 Å². The van der Waals surface area contributed by atoms with Crippen LogP contribution >= 0.6 is 0 Å². The highest BCUT2D eigenvalue weighted by Crippen LogP contribution is 2.09. The van der Waals surface area contributed by atoms with E-state index in [0.29, 0.717) is 24.3 Å². The number of fused-ring (bicyclic) bond motifs is 1. The van der Waals surface area contributed by atoms with Gasteiger partial charge in [-0.15, -0.1) is 0 Å². The van der Waals surface area contributed by atoms with E-state index in [0.717, 1.165) is 12.2 Å². The highest BCUT2D eigenvalue weighted by atomic mass is 16.5. The van der Waals surface area contributed by atoms with E-state index in [1.807, 2.05) is 34.9 Å². The number of rotatable bonds is 5. The van der Waals surface area contributed by atoms with Gasteiger partial charge in [-0.2, -0.15) is 0 Å². The Morgan fingerprint density at radius 2 is 2.05 bits per heavy atom. The normalized spacial score (nSPS) is 10.8. The summed E-state index contributed by atoms with van der Waals surface area (Å²) in [4.78, 5) is 22.2. The van der Waals surface area contributed by atoms with E-state index in [-0.39, 0.29) is 5.56 Å². The number of H-pyrrole nitrogens is 1. The molecular weight excluding hydrogens is 256 g/mol. The van der Waals surface area contributed by atoms with Crippen LogP contribution in [0.5, 0.6) is 5.75 Å². The fraction of sp³-hybridized carbons (Fsp3) is 0.214. The van der Waals surface area contributed by atoms with Gasteiger partial charge >= 0.3 is 0 Å². The van der Waals surface area contributed by atoms with Crippen molar-refractivity contribution in [2.45, 2.75) is 13.0 Å². The molecule has 2 aromatic heterocycles. The van der Waals surface area contributed by atoms with Gasteiger partial charge in [0.1, 0.15) is 5.75 Å². The molecule has 6 nitrogen and oxygen atoms in total. The van der Waals surface area contributed by atoms with Gasteiger partial charge in [-0.3, -0.25) is 4.79 Å². The number of hydrogen-bond donors (Lipinski definition) is 1. The Morgan fingerprint density at radius 1 is 1.20 bits per heavy atom. The van der Waals surface area contributed by atoms with Gasteiger partial charge in [-0.1, -0.05) is 18.2 Å². The SMILES string of the molecule is O=c1[nH]cnc2c1ncn2CCCOc1ccccc1. The van der Waals surface area contributed by atoms with Gasteiger partial charge in [-0.05, 0) is 18.6 Å². The van der Waals surface area contributed by atoms with Crippen LogP contribution in [0.3, 0.4) is 0 Å². The van der Waals surface area contributed by atoms with E-state index >= 15 is 0 Å². The number of para-hydroxylation sites is 1. The molecular formula is C14H14N4O2. The lowest BCUT2D eigenvalue weighted by atomic mass is 10.3. The zero-order chi connectivity index (χ0) is 13.8. The molecule has 102 valence electrons. The summed E-state index contributed by atoms with van der Waals surface area (Å²) in [6.45, 7) is 1.31. The lowest BCUT2D eigenvalue weighted by Crippen LogP contribution is -2.08. The molecule has 0 aliphatic rings. The van der Waals surface area contributed by atoms with Gasteiger partial charge in [0, 0.05) is 6.54 Å². The van der Waals surface area contributed by atoms with Crippen LogP contribution in [0.4, 0.5) is 0 Å². The molecule has 2 heterocycles. The molecule has 0 aliphatic carbocycles. The van der Waals surface area contributed by atoms with Crippen molar-refractivity contribution in [1.29, 1.82) is 0 Å². The lowest BCUT2D eigenvalue weighted by Gasteiger charge is -2.06. The number of hydrogen-bond acceptors (Lipinski definition) is 4. The molecule has 0 radical (unpaired) electrons. The molecule has 0 saturated carbocycles. The highest BCUT2D eigenvalue weighted by molar-refractivity contribution is 5.68. The fourth-order valence-corrected chi connectivity index (χ4v) is 2.00. The van der Waals surface area contributed by atoms with Crippen LogP contribution in [0.2, 0.25) is 0 Å². The maximum Gasteiger partial charge on any atom is 0.278 e. The third kappa shape index (κ3) is 2.54. The van der Waals surface area contributed by atoms with E-state index in [1.165, 1.54) is 6.33 Å². The second-order valence-corrected chi connectivity index (χ2v) is 4.36. The Balaban J connectivity index is 1.61. The van der Waals surface area contributed by atoms with E-state index in [2.05, 4.69) is 15.0 Å². The molecule has 0 amide bonds. The first-order chi connectivity index (χ1) is 9.84. The van der Waals surface area contributed by atoms with E-state index in [4.69, 9.17) is 4.74 Å². The van der Waals surface area contributed by atoms with Crippen molar-refractivity contribution >= 4 is 11.2 Å². The van der Waals surface area contributed by atoms with Gasteiger partial charge < -0.3 is 14.3 Å². The second kappa shape index (κ2) is 5.56. The molecule has 0 aliphatic heterocycles. The summed E-state index contributed by atoms with van der Waals surface area (Å²) in [5, 5.41) is 0. The third-order valence-corrected chi connectivity index (χ3v) is 2.96. The number of nitrogens with one attached hydrogen (secondary N) is 1. The maximum absolute atomic E-state index is 11.5. The number of aromatic nitrogens is 4. The van der Waals surface area contributed by atoms with E-state index in [9.17, 15) is 4.79 Å². The van der Waals surface area contributed by atoms with Gasteiger partial charge in [-0.25, -0.2) is 9.97 Å². The van der Waals surface area contributed by atoms with Crippen molar-refractivity contribution in [1.82, 2.24) is 19.5 Å². The molecule has 20 heavy (non-hydrogen) atoms. The summed E-state index contributed by atoms with van der Waals surface area (Å²) in [5.74, 6) is 0.859. The number of aryl methyl sites for hydroxylation is 1. The van der Waals surface area contributed by atoms with Crippen molar-refractivity contribution in [3.63, 3.8) is 0 Å². The summed E-state index contributed by atoms with van der Waals surface area (Å²) in [6, 6.07) is 9.68. The fourth-order valence-electron chi connectivity index (χ4n) is 2.00. The standard InChI is InChI=1S/C14H14N4O2/c19-14-12-13(15-9-16-14)18(10-17-12)7-4-8-20-11-5-2-1-3-6-11/h1-3,5-6,9-10H,4,7-8H2,(H,15,16,19).